The van der Waals surface area contributed by atoms with Crippen LogP contribution in [0.3, 0.4) is 0 Å². The van der Waals surface area contributed by atoms with Crippen LogP contribution in [0.15, 0.2) is 48.5 Å². The van der Waals surface area contributed by atoms with Crippen molar-refractivity contribution in [2.75, 3.05) is 51.8 Å². The van der Waals surface area contributed by atoms with Crippen LogP contribution in [0.1, 0.15) is 36.8 Å². The molecule has 5 rings (SSSR count). The van der Waals surface area contributed by atoms with Crippen LogP contribution in [-0.2, 0) is 17.8 Å². The van der Waals surface area contributed by atoms with Crippen molar-refractivity contribution in [3.63, 3.8) is 0 Å². The summed E-state index contributed by atoms with van der Waals surface area (Å²) >= 11 is 0. The van der Waals surface area contributed by atoms with Crippen molar-refractivity contribution in [1.29, 1.82) is 0 Å². The molecule has 0 radical (unpaired) electrons. The second-order valence-corrected chi connectivity index (χ2v) is 10.1. The minimum atomic E-state index is -0.714. The second kappa shape index (κ2) is 9.90. The summed E-state index contributed by atoms with van der Waals surface area (Å²) in [4.78, 5) is 34.3. The summed E-state index contributed by atoms with van der Waals surface area (Å²) in [5, 5.41) is 0. The van der Waals surface area contributed by atoms with Gasteiger partial charge in [0.25, 0.3) is 5.91 Å². The molecule has 3 aliphatic heterocycles. The molecular weight excluding hydrogens is 440 g/mol. The Morgan fingerprint density at radius 2 is 1.49 bits per heavy atom. The van der Waals surface area contributed by atoms with Crippen LogP contribution in [0.2, 0.25) is 0 Å². The normalized spacial score (nSPS) is 20.3. The molecule has 0 saturated carbocycles. The van der Waals surface area contributed by atoms with Gasteiger partial charge in [-0.15, -0.1) is 0 Å². The van der Waals surface area contributed by atoms with Gasteiger partial charge in [-0.2, -0.15) is 0 Å². The highest BCUT2D eigenvalue weighted by molar-refractivity contribution is 6.06. The summed E-state index contributed by atoms with van der Waals surface area (Å²) in [6.07, 6.45) is 4.63. The van der Waals surface area contributed by atoms with Crippen LogP contribution in [0.5, 0.6) is 5.75 Å². The summed E-state index contributed by atoms with van der Waals surface area (Å²) in [5.41, 5.74) is 3.03. The third kappa shape index (κ3) is 4.61. The van der Waals surface area contributed by atoms with Crippen molar-refractivity contribution >= 4 is 17.6 Å². The fourth-order valence-electron chi connectivity index (χ4n) is 5.83. The van der Waals surface area contributed by atoms with Gasteiger partial charge in [-0.25, -0.2) is 4.79 Å². The first-order valence-electron chi connectivity index (χ1n) is 12.8. The molecule has 3 fully saturated rings. The SMILES string of the molecule is COc1ccc(CCN2C(=O)N(C)C(=O)C23CCN(Cc2ccc(N4CCCC4)cc2)CC3)cc1. The zero-order valence-electron chi connectivity index (χ0n) is 20.9. The van der Waals surface area contributed by atoms with Crippen LogP contribution in [-0.4, -0.2) is 79.1 Å². The number of urea groups is 1. The maximum Gasteiger partial charge on any atom is 0.327 e. The van der Waals surface area contributed by atoms with E-state index in [0.29, 0.717) is 25.8 Å². The molecule has 3 saturated heterocycles. The zero-order chi connectivity index (χ0) is 24.4. The zero-order valence-corrected chi connectivity index (χ0v) is 20.9. The molecule has 2 aromatic carbocycles. The number of likely N-dealkylation sites (tertiary alicyclic amines) is 1. The van der Waals surface area contributed by atoms with Crippen LogP contribution in [0.4, 0.5) is 10.5 Å². The van der Waals surface area contributed by atoms with Crippen molar-refractivity contribution in [2.24, 2.45) is 0 Å². The molecule has 3 amide bonds. The standard InChI is InChI=1S/C28H36N4O3/c1-29-26(33)28(32(27(29)34)18-13-22-7-11-25(35-2)12-8-22)14-19-30(20-15-28)21-23-5-9-24(10-6-23)31-16-3-4-17-31/h5-12H,3-4,13-21H2,1-2H3. The lowest BCUT2D eigenvalue weighted by molar-refractivity contribution is -0.134. The molecule has 7 nitrogen and oxygen atoms in total. The highest BCUT2D eigenvalue weighted by atomic mass is 16.5. The van der Waals surface area contributed by atoms with Gasteiger partial charge < -0.3 is 14.5 Å². The summed E-state index contributed by atoms with van der Waals surface area (Å²) < 4.78 is 5.24. The molecule has 0 unspecified atom stereocenters. The molecular formula is C28H36N4O3. The van der Waals surface area contributed by atoms with E-state index in [1.54, 1.807) is 14.2 Å². The third-order valence-corrected chi connectivity index (χ3v) is 8.02. The maximum absolute atomic E-state index is 13.2. The van der Waals surface area contributed by atoms with E-state index in [1.165, 1.54) is 29.0 Å². The van der Waals surface area contributed by atoms with Crippen molar-refractivity contribution in [3.05, 3.63) is 59.7 Å². The molecule has 186 valence electrons. The van der Waals surface area contributed by atoms with Crippen molar-refractivity contribution in [3.8, 4) is 5.75 Å². The smallest absolute Gasteiger partial charge is 0.327 e. The Morgan fingerprint density at radius 1 is 0.857 bits per heavy atom. The number of nitrogens with zero attached hydrogens (tertiary/aromatic N) is 4. The Hall–Kier alpha value is -3.06. The number of carbonyl (C=O) groups excluding carboxylic acids is 2. The molecule has 35 heavy (non-hydrogen) atoms. The predicted molar refractivity (Wildman–Crippen MR) is 137 cm³/mol. The number of imide groups is 1. The van der Waals surface area contributed by atoms with Crippen molar-refractivity contribution in [2.45, 2.75) is 44.2 Å². The molecule has 3 aliphatic rings. The fourth-order valence-corrected chi connectivity index (χ4v) is 5.83. The Bertz CT molecular complexity index is 1040. The largest absolute Gasteiger partial charge is 0.497 e. The van der Waals surface area contributed by atoms with E-state index in [0.717, 1.165) is 44.0 Å². The van der Waals surface area contributed by atoms with Gasteiger partial charge in [0.1, 0.15) is 11.3 Å². The summed E-state index contributed by atoms with van der Waals surface area (Å²) in [6.45, 7) is 5.34. The van der Waals surface area contributed by atoms with E-state index >= 15 is 0 Å². The van der Waals surface area contributed by atoms with Crippen LogP contribution < -0.4 is 9.64 Å². The van der Waals surface area contributed by atoms with Gasteiger partial charge in [0.15, 0.2) is 0 Å². The van der Waals surface area contributed by atoms with E-state index in [4.69, 9.17) is 4.74 Å². The van der Waals surface area contributed by atoms with E-state index in [1.807, 2.05) is 29.2 Å². The maximum atomic E-state index is 13.2. The first kappa shape index (κ1) is 23.7. The molecule has 1 spiro atoms. The Balaban J connectivity index is 1.21. The number of carbonyl (C=O) groups is 2. The topological polar surface area (TPSA) is 56.3 Å². The van der Waals surface area contributed by atoms with Crippen LogP contribution >= 0.6 is 0 Å². The third-order valence-electron chi connectivity index (χ3n) is 8.02. The highest BCUT2D eigenvalue weighted by Crippen LogP contribution is 2.37. The van der Waals surface area contributed by atoms with E-state index in [2.05, 4.69) is 34.1 Å². The van der Waals surface area contributed by atoms with Gasteiger partial charge >= 0.3 is 6.03 Å². The number of methoxy groups -OCH3 is 1. The Labute approximate surface area is 208 Å². The lowest BCUT2D eigenvalue weighted by Crippen LogP contribution is -2.56. The summed E-state index contributed by atoms with van der Waals surface area (Å²) in [5.74, 6) is 0.766. The molecule has 3 heterocycles. The minimum Gasteiger partial charge on any atom is -0.497 e. The number of rotatable bonds is 7. The minimum absolute atomic E-state index is 0.0492. The molecule has 0 aromatic heterocycles. The van der Waals surface area contributed by atoms with E-state index < -0.39 is 5.54 Å². The molecule has 0 aliphatic carbocycles. The number of hydrogen-bond donors (Lipinski definition) is 0. The fraction of sp³-hybridized carbons (Fsp3) is 0.500. The van der Waals surface area contributed by atoms with Gasteiger partial charge in [0, 0.05) is 52.0 Å². The highest BCUT2D eigenvalue weighted by Gasteiger charge is 2.56. The molecule has 0 atom stereocenters. The second-order valence-electron chi connectivity index (χ2n) is 10.1. The number of likely N-dealkylation sites (N-methyl/N-ethyl adjacent to an activating group) is 1. The Morgan fingerprint density at radius 3 is 2.11 bits per heavy atom. The van der Waals surface area contributed by atoms with E-state index in [9.17, 15) is 9.59 Å². The number of ether oxygens (including phenoxy) is 1. The molecule has 7 heteroatoms. The predicted octanol–water partition coefficient (Wildman–Crippen LogP) is 3.77. The van der Waals surface area contributed by atoms with Gasteiger partial charge in [-0.1, -0.05) is 24.3 Å². The molecule has 2 aromatic rings. The summed E-state index contributed by atoms with van der Waals surface area (Å²) in [6, 6.07) is 16.7. The number of piperidine rings is 1. The average Bonchev–Trinajstić information content (AvgIpc) is 3.49. The average molecular weight is 477 g/mol. The quantitative estimate of drug-likeness (QED) is 0.570. The number of anilines is 1. The monoisotopic (exact) mass is 476 g/mol. The molecule has 0 bridgehead atoms. The number of hydrogen-bond acceptors (Lipinski definition) is 5. The van der Waals surface area contributed by atoms with Crippen molar-refractivity contribution in [1.82, 2.24) is 14.7 Å². The van der Waals surface area contributed by atoms with Gasteiger partial charge in [0.2, 0.25) is 0 Å². The first-order valence-corrected chi connectivity index (χ1v) is 12.8. The number of amides is 3. The van der Waals surface area contributed by atoms with Gasteiger partial charge in [-0.3, -0.25) is 14.6 Å². The van der Waals surface area contributed by atoms with Gasteiger partial charge in [0.05, 0.1) is 7.11 Å². The molecule has 0 N–H and O–H groups in total. The van der Waals surface area contributed by atoms with E-state index in [-0.39, 0.29) is 11.9 Å². The number of benzene rings is 2. The first-order chi connectivity index (χ1) is 17.0. The lowest BCUT2D eigenvalue weighted by Gasteiger charge is -2.42. The Kier molecular flexibility index (Phi) is 6.69. The van der Waals surface area contributed by atoms with Crippen LogP contribution in [0.25, 0.3) is 0 Å². The lowest BCUT2D eigenvalue weighted by atomic mass is 9.85. The van der Waals surface area contributed by atoms with Crippen LogP contribution in [0, 0.1) is 0 Å². The van der Waals surface area contributed by atoms with Gasteiger partial charge in [-0.05, 0) is 67.5 Å². The summed E-state index contributed by atoms with van der Waals surface area (Å²) in [7, 11) is 3.27. The van der Waals surface area contributed by atoms with Crippen molar-refractivity contribution < 1.29 is 14.3 Å².